The Hall–Kier alpha value is -2.77. The SMILES string of the molecule is NC(=O)CCC(NC(=O)c1cccc(O)c1O)C(=O)O. The average molecular weight is 282 g/mol. The number of rotatable bonds is 6. The Labute approximate surface area is 113 Å². The zero-order chi connectivity index (χ0) is 15.3. The molecule has 0 bridgehead atoms. The zero-order valence-electron chi connectivity index (χ0n) is 10.4. The number of hydrogen-bond acceptors (Lipinski definition) is 5. The first kappa shape index (κ1) is 15.3. The van der Waals surface area contributed by atoms with Crippen LogP contribution in [0.1, 0.15) is 23.2 Å². The van der Waals surface area contributed by atoms with E-state index in [1.807, 2.05) is 0 Å². The fourth-order valence-corrected chi connectivity index (χ4v) is 1.49. The number of benzene rings is 1. The molecule has 0 spiro atoms. The van der Waals surface area contributed by atoms with Gasteiger partial charge in [0, 0.05) is 6.42 Å². The fraction of sp³-hybridized carbons (Fsp3) is 0.250. The van der Waals surface area contributed by atoms with Crippen molar-refractivity contribution in [3.8, 4) is 11.5 Å². The second-order valence-corrected chi connectivity index (χ2v) is 4.04. The Morgan fingerprint density at radius 1 is 1.25 bits per heavy atom. The number of carbonyl (C=O) groups is 3. The number of carboxylic acid groups (broad SMARTS) is 1. The van der Waals surface area contributed by atoms with Crippen molar-refractivity contribution in [1.29, 1.82) is 0 Å². The van der Waals surface area contributed by atoms with E-state index in [4.69, 9.17) is 10.8 Å². The maximum Gasteiger partial charge on any atom is 0.326 e. The van der Waals surface area contributed by atoms with E-state index in [-0.39, 0.29) is 18.4 Å². The van der Waals surface area contributed by atoms with E-state index in [0.29, 0.717) is 0 Å². The van der Waals surface area contributed by atoms with Crippen LogP contribution < -0.4 is 11.1 Å². The van der Waals surface area contributed by atoms with Crippen LogP contribution in [0.3, 0.4) is 0 Å². The summed E-state index contributed by atoms with van der Waals surface area (Å²) >= 11 is 0. The summed E-state index contributed by atoms with van der Waals surface area (Å²) in [4.78, 5) is 33.4. The summed E-state index contributed by atoms with van der Waals surface area (Å²) in [5, 5.41) is 29.8. The highest BCUT2D eigenvalue weighted by Gasteiger charge is 2.23. The van der Waals surface area contributed by atoms with Crippen molar-refractivity contribution >= 4 is 17.8 Å². The van der Waals surface area contributed by atoms with Crippen molar-refractivity contribution in [1.82, 2.24) is 5.32 Å². The summed E-state index contributed by atoms with van der Waals surface area (Å²) in [6.45, 7) is 0. The van der Waals surface area contributed by atoms with Gasteiger partial charge in [0.1, 0.15) is 6.04 Å². The molecule has 0 aliphatic rings. The molecule has 1 atom stereocenters. The highest BCUT2D eigenvalue weighted by Crippen LogP contribution is 2.28. The van der Waals surface area contributed by atoms with Crippen LogP contribution >= 0.6 is 0 Å². The van der Waals surface area contributed by atoms with Gasteiger partial charge in [0.05, 0.1) is 5.56 Å². The van der Waals surface area contributed by atoms with Crippen LogP contribution in [0.2, 0.25) is 0 Å². The molecule has 0 radical (unpaired) electrons. The number of carbonyl (C=O) groups excluding carboxylic acids is 2. The van der Waals surface area contributed by atoms with Crippen LogP contribution in [-0.2, 0) is 9.59 Å². The highest BCUT2D eigenvalue weighted by molar-refractivity contribution is 5.99. The maximum absolute atomic E-state index is 11.8. The van der Waals surface area contributed by atoms with Gasteiger partial charge in [-0.05, 0) is 18.6 Å². The van der Waals surface area contributed by atoms with Gasteiger partial charge in [-0.15, -0.1) is 0 Å². The molecule has 1 unspecified atom stereocenters. The number of aromatic hydroxyl groups is 2. The third-order valence-corrected chi connectivity index (χ3v) is 2.54. The topological polar surface area (TPSA) is 150 Å². The summed E-state index contributed by atoms with van der Waals surface area (Å²) < 4.78 is 0. The lowest BCUT2D eigenvalue weighted by molar-refractivity contribution is -0.139. The Kier molecular flexibility index (Phi) is 4.90. The first-order valence-electron chi connectivity index (χ1n) is 5.66. The van der Waals surface area contributed by atoms with Crippen molar-refractivity contribution in [2.75, 3.05) is 0 Å². The third kappa shape index (κ3) is 3.87. The fourth-order valence-electron chi connectivity index (χ4n) is 1.49. The maximum atomic E-state index is 11.8. The predicted molar refractivity (Wildman–Crippen MR) is 67.1 cm³/mol. The predicted octanol–water partition coefficient (Wildman–Crippen LogP) is -0.454. The molecule has 108 valence electrons. The minimum absolute atomic E-state index is 0.171. The molecule has 6 N–H and O–H groups in total. The number of phenolic OH excluding ortho intramolecular Hbond substituents is 2. The van der Waals surface area contributed by atoms with Crippen LogP contribution in [0.4, 0.5) is 0 Å². The van der Waals surface area contributed by atoms with Gasteiger partial charge >= 0.3 is 5.97 Å². The molecule has 8 heteroatoms. The molecule has 0 aromatic heterocycles. The minimum atomic E-state index is -1.33. The third-order valence-electron chi connectivity index (χ3n) is 2.54. The summed E-state index contributed by atoms with van der Waals surface area (Å²) in [7, 11) is 0. The quantitative estimate of drug-likeness (QED) is 0.446. The van der Waals surface area contributed by atoms with Crippen molar-refractivity contribution in [3.63, 3.8) is 0 Å². The lowest BCUT2D eigenvalue weighted by atomic mass is 10.1. The first-order chi connectivity index (χ1) is 9.32. The number of phenols is 2. The molecule has 0 fully saturated rings. The van der Waals surface area contributed by atoms with E-state index in [1.54, 1.807) is 0 Å². The lowest BCUT2D eigenvalue weighted by Crippen LogP contribution is -2.41. The molecular formula is C12H14N2O6. The molecule has 8 nitrogen and oxygen atoms in total. The molecule has 0 saturated carbocycles. The number of primary amides is 1. The minimum Gasteiger partial charge on any atom is -0.504 e. The molecule has 2 amide bonds. The molecule has 1 rings (SSSR count). The zero-order valence-corrected chi connectivity index (χ0v) is 10.4. The molecule has 0 heterocycles. The number of aliphatic carboxylic acids is 1. The first-order valence-corrected chi connectivity index (χ1v) is 5.66. The molecule has 1 aromatic rings. The van der Waals surface area contributed by atoms with Gasteiger partial charge in [0.25, 0.3) is 5.91 Å². The van der Waals surface area contributed by atoms with Gasteiger partial charge < -0.3 is 26.4 Å². The monoisotopic (exact) mass is 282 g/mol. The second-order valence-electron chi connectivity index (χ2n) is 4.04. The van der Waals surface area contributed by atoms with Gasteiger partial charge in [0.15, 0.2) is 11.5 Å². The van der Waals surface area contributed by atoms with E-state index >= 15 is 0 Å². The average Bonchev–Trinajstić information content (AvgIpc) is 2.36. The number of nitrogens with one attached hydrogen (secondary N) is 1. The van der Waals surface area contributed by atoms with Gasteiger partial charge in [-0.25, -0.2) is 4.79 Å². The number of para-hydroxylation sites is 1. The molecule has 20 heavy (non-hydrogen) atoms. The highest BCUT2D eigenvalue weighted by atomic mass is 16.4. The summed E-state index contributed by atoms with van der Waals surface area (Å²) in [5.41, 5.74) is 4.64. The van der Waals surface area contributed by atoms with E-state index in [1.165, 1.54) is 18.2 Å². The molecule has 1 aromatic carbocycles. The summed E-state index contributed by atoms with van der Waals surface area (Å²) in [6.07, 6.45) is -0.376. The summed E-state index contributed by atoms with van der Waals surface area (Å²) in [5.74, 6) is -4.05. The van der Waals surface area contributed by atoms with Crippen molar-refractivity contribution in [3.05, 3.63) is 23.8 Å². The molecule has 0 aliphatic heterocycles. The van der Waals surface area contributed by atoms with E-state index in [9.17, 15) is 24.6 Å². The van der Waals surface area contributed by atoms with Crippen LogP contribution in [-0.4, -0.2) is 39.1 Å². The molecular weight excluding hydrogens is 268 g/mol. The number of hydrogen-bond donors (Lipinski definition) is 5. The van der Waals surface area contributed by atoms with Crippen molar-refractivity contribution < 1.29 is 29.7 Å². The Balaban J connectivity index is 2.83. The number of amides is 2. The van der Waals surface area contributed by atoms with Gasteiger partial charge in [-0.1, -0.05) is 6.07 Å². The summed E-state index contributed by atoms with van der Waals surface area (Å²) in [6, 6.07) is 2.39. The lowest BCUT2D eigenvalue weighted by Gasteiger charge is -2.14. The van der Waals surface area contributed by atoms with Crippen molar-refractivity contribution in [2.45, 2.75) is 18.9 Å². The van der Waals surface area contributed by atoms with Crippen LogP contribution in [0.5, 0.6) is 11.5 Å². The van der Waals surface area contributed by atoms with Gasteiger partial charge in [-0.2, -0.15) is 0 Å². The normalized spacial score (nSPS) is 11.6. The van der Waals surface area contributed by atoms with Crippen molar-refractivity contribution in [2.24, 2.45) is 5.73 Å². The van der Waals surface area contributed by atoms with E-state index in [2.05, 4.69) is 5.32 Å². The van der Waals surface area contributed by atoms with Gasteiger partial charge in [0.2, 0.25) is 5.91 Å². The number of carboxylic acids is 1. The Bertz CT molecular complexity index is 543. The smallest absolute Gasteiger partial charge is 0.326 e. The second kappa shape index (κ2) is 6.41. The standard InChI is InChI=1S/C12H14N2O6/c13-9(16)5-4-7(12(19)20)14-11(18)6-2-1-3-8(15)10(6)17/h1-3,7,15,17H,4-5H2,(H2,13,16)(H,14,18)(H,19,20). The van der Waals surface area contributed by atoms with Crippen LogP contribution in [0.25, 0.3) is 0 Å². The Morgan fingerprint density at radius 3 is 2.45 bits per heavy atom. The number of nitrogens with two attached hydrogens (primary N) is 1. The van der Waals surface area contributed by atoms with Crippen LogP contribution in [0.15, 0.2) is 18.2 Å². The molecule has 0 saturated heterocycles. The Morgan fingerprint density at radius 2 is 1.90 bits per heavy atom. The van der Waals surface area contributed by atoms with Gasteiger partial charge in [-0.3, -0.25) is 9.59 Å². The van der Waals surface area contributed by atoms with E-state index in [0.717, 1.165) is 0 Å². The molecule has 0 aliphatic carbocycles. The van der Waals surface area contributed by atoms with E-state index < -0.39 is 35.3 Å². The van der Waals surface area contributed by atoms with Crippen LogP contribution in [0, 0.1) is 0 Å². The largest absolute Gasteiger partial charge is 0.504 e.